The Morgan fingerprint density at radius 2 is 1.81 bits per heavy atom. The Morgan fingerprint density at radius 3 is 2.50 bits per heavy atom. The van der Waals surface area contributed by atoms with Gasteiger partial charge in [0, 0.05) is 31.8 Å². The van der Waals surface area contributed by atoms with Crippen molar-refractivity contribution in [2.75, 3.05) is 0 Å². The molecule has 4 nitrogen and oxygen atoms in total. The van der Waals surface area contributed by atoms with Crippen molar-refractivity contribution in [2.45, 2.75) is 26.3 Å². The normalized spacial score (nSPS) is 10.7. The van der Waals surface area contributed by atoms with Gasteiger partial charge in [0.2, 0.25) is 5.91 Å². The number of nitrogens with zero attached hydrogens (tertiary/aromatic N) is 2. The number of benzene rings is 2. The largest absolute Gasteiger partial charge is 0.352 e. The summed E-state index contributed by atoms with van der Waals surface area (Å²) >= 11 is 0. The molecule has 0 saturated carbocycles. The molecule has 0 bridgehead atoms. The number of carbonyl (C=O) groups is 1. The summed E-state index contributed by atoms with van der Waals surface area (Å²) in [6.45, 7) is 2.45. The Kier molecular flexibility index (Phi) is 5.46. The van der Waals surface area contributed by atoms with Gasteiger partial charge in [-0.3, -0.25) is 9.48 Å². The van der Waals surface area contributed by atoms with Crippen LogP contribution in [0.3, 0.4) is 0 Å². The zero-order chi connectivity index (χ0) is 18.5. The van der Waals surface area contributed by atoms with Crippen molar-refractivity contribution < 1.29 is 9.18 Å². The molecular formula is C21H22FN3O. The van der Waals surface area contributed by atoms with E-state index in [9.17, 15) is 9.18 Å². The molecule has 0 atom stereocenters. The van der Waals surface area contributed by atoms with Gasteiger partial charge < -0.3 is 5.32 Å². The third kappa shape index (κ3) is 4.57. The smallest absolute Gasteiger partial charge is 0.220 e. The van der Waals surface area contributed by atoms with E-state index in [4.69, 9.17) is 0 Å². The first-order chi connectivity index (χ1) is 12.5. The molecule has 2 aromatic carbocycles. The van der Waals surface area contributed by atoms with Crippen LogP contribution >= 0.6 is 0 Å². The third-order valence-corrected chi connectivity index (χ3v) is 4.25. The minimum atomic E-state index is -0.278. The van der Waals surface area contributed by atoms with E-state index in [0.717, 1.165) is 22.4 Å². The molecule has 1 aromatic heterocycles. The van der Waals surface area contributed by atoms with Crippen molar-refractivity contribution >= 4 is 5.91 Å². The summed E-state index contributed by atoms with van der Waals surface area (Å²) in [5.74, 6) is -0.312. The number of halogens is 1. The lowest BCUT2D eigenvalue weighted by molar-refractivity contribution is -0.121. The van der Waals surface area contributed by atoms with E-state index in [-0.39, 0.29) is 11.7 Å². The molecule has 3 aromatic rings. The molecule has 1 amide bonds. The molecule has 5 heteroatoms. The SMILES string of the molecule is Cc1ccc(-c2nn(C)cc2CCC(=O)NCc2ccc(F)cc2)cc1. The van der Waals surface area contributed by atoms with Crippen molar-refractivity contribution in [3.05, 3.63) is 77.2 Å². The van der Waals surface area contributed by atoms with Crippen LogP contribution < -0.4 is 5.32 Å². The molecule has 0 fully saturated rings. The minimum Gasteiger partial charge on any atom is -0.352 e. The van der Waals surface area contributed by atoms with Gasteiger partial charge in [0.1, 0.15) is 5.82 Å². The number of carbonyl (C=O) groups excluding carboxylic acids is 1. The highest BCUT2D eigenvalue weighted by molar-refractivity contribution is 5.76. The highest BCUT2D eigenvalue weighted by Gasteiger charge is 2.12. The Bertz CT molecular complexity index is 883. The highest BCUT2D eigenvalue weighted by Crippen LogP contribution is 2.23. The zero-order valence-corrected chi connectivity index (χ0v) is 15.0. The quantitative estimate of drug-likeness (QED) is 0.735. The molecular weight excluding hydrogens is 329 g/mol. The molecule has 0 unspecified atom stereocenters. The van der Waals surface area contributed by atoms with Crippen LogP contribution in [0.15, 0.2) is 54.7 Å². The van der Waals surface area contributed by atoms with Gasteiger partial charge in [0.05, 0.1) is 5.69 Å². The van der Waals surface area contributed by atoms with E-state index in [2.05, 4.69) is 41.6 Å². The lowest BCUT2D eigenvalue weighted by Crippen LogP contribution is -2.23. The summed E-state index contributed by atoms with van der Waals surface area (Å²) in [4.78, 5) is 12.1. The fourth-order valence-corrected chi connectivity index (χ4v) is 2.81. The van der Waals surface area contributed by atoms with Crippen LogP contribution in [-0.4, -0.2) is 15.7 Å². The predicted octanol–water partition coefficient (Wildman–Crippen LogP) is 3.78. The molecule has 26 heavy (non-hydrogen) atoms. The Hall–Kier alpha value is -2.95. The number of rotatable bonds is 6. The summed E-state index contributed by atoms with van der Waals surface area (Å²) in [5.41, 5.74) is 5.10. The maximum absolute atomic E-state index is 12.9. The van der Waals surface area contributed by atoms with Crippen molar-refractivity contribution in [3.8, 4) is 11.3 Å². The Labute approximate surface area is 152 Å². The second-order valence-electron chi connectivity index (χ2n) is 6.45. The zero-order valence-electron chi connectivity index (χ0n) is 15.0. The van der Waals surface area contributed by atoms with Crippen LogP contribution in [0.4, 0.5) is 4.39 Å². The average molecular weight is 351 g/mol. The molecule has 1 heterocycles. The van der Waals surface area contributed by atoms with Crippen LogP contribution in [0.1, 0.15) is 23.1 Å². The monoisotopic (exact) mass is 351 g/mol. The average Bonchev–Trinajstić information content (AvgIpc) is 3.01. The number of aryl methyl sites for hydroxylation is 3. The van der Waals surface area contributed by atoms with Gasteiger partial charge in [-0.25, -0.2) is 4.39 Å². The number of aromatic nitrogens is 2. The summed E-state index contributed by atoms with van der Waals surface area (Å²) in [6, 6.07) is 14.4. The van der Waals surface area contributed by atoms with Gasteiger partial charge in [-0.1, -0.05) is 42.0 Å². The molecule has 3 rings (SSSR count). The van der Waals surface area contributed by atoms with Crippen molar-refractivity contribution in [1.82, 2.24) is 15.1 Å². The standard InChI is InChI=1S/C21H22FN3O/c1-15-3-7-17(8-4-15)21-18(14-25(2)24-21)9-12-20(26)23-13-16-5-10-19(22)11-6-16/h3-8,10-11,14H,9,12-13H2,1-2H3,(H,23,26). The molecule has 134 valence electrons. The summed E-state index contributed by atoms with van der Waals surface area (Å²) in [5, 5.41) is 7.41. The van der Waals surface area contributed by atoms with E-state index >= 15 is 0 Å². The molecule has 0 aliphatic carbocycles. The number of hydrogen-bond acceptors (Lipinski definition) is 2. The van der Waals surface area contributed by atoms with Gasteiger partial charge in [0.25, 0.3) is 0 Å². The van der Waals surface area contributed by atoms with Crippen LogP contribution in [-0.2, 0) is 24.8 Å². The molecule has 0 aliphatic rings. The van der Waals surface area contributed by atoms with Gasteiger partial charge >= 0.3 is 0 Å². The molecule has 0 saturated heterocycles. The fourth-order valence-electron chi connectivity index (χ4n) is 2.81. The summed E-state index contributed by atoms with van der Waals surface area (Å²) in [7, 11) is 1.88. The van der Waals surface area contributed by atoms with E-state index < -0.39 is 0 Å². The number of nitrogens with one attached hydrogen (secondary N) is 1. The first-order valence-corrected chi connectivity index (χ1v) is 8.62. The Balaban J connectivity index is 1.60. The van der Waals surface area contributed by atoms with Crippen molar-refractivity contribution in [2.24, 2.45) is 7.05 Å². The number of amides is 1. The number of hydrogen-bond donors (Lipinski definition) is 1. The van der Waals surface area contributed by atoms with Crippen molar-refractivity contribution in [3.63, 3.8) is 0 Å². The maximum Gasteiger partial charge on any atom is 0.220 e. The first kappa shape index (κ1) is 17.9. The van der Waals surface area contributed by atoms with E-state index in [1.807, 2.05) is 13.2 Å². The Morgan fingerprint density at radius 1 is 1.12 bits per heavy atom. The van der Waals surface area contributed by atoms with Crippen LogP contribution in [0.2, 0.25) is 0 Å². The van der Waals surface area contributed by atoms with Crippen LogP contribution in [0, 0.1) is 12.7 Å². The lowest BCUT2D eigenvalue weighted by Gasteiger charge is -2.06. The van der Waals surface area contributed by atoms with Crippen LogP contribution in [0.5, 0.6) is 0 Å². The predicted molar refractivity (Wildman–Crippen MR) is 99.9 cm³/mol. The van der Waals surface area contributed by atoms with Crippen molar-refractivity contribution in [1.29, 1.82) is 0 Å². The highest BCUT2D eigenvalue weighted by atomic mass is 19.1. The third-order valence-electron chi connectivity index (χ3n) is 4.25. The van der Waals surface area contributed by atoms with Gasteiger partial charge in [-0.2, -0.15) is 5.10 Å². The van der Waals surface area contributed by atoms with E-state index in [0.29, 0.717) is 19.4 Å². The molecule has 1 N–H and O–H groups in total. The van der Waals surface area contributed by atoms with Crippen LogP contribution in [0.25, 0.3) is 11.3 Å². The first-order valence-electron chi connectivity index (χ1n) is 8.62. The van der Waals surface area contributed by atoms with E-state index in [1.54, 1.807) is 16.8 Å². The summed E-state index contributed by atoms with van der Waals surface area (Å²) in [6.07, 6.45) is 2.96. The molecule has 0 spiro atoms. The molecule has 0 aliphatic heterocycles. The topological polar surface area (TPSA) is 46.9 Å². The van der Waals surface area contributed by atoms with E-state index in [1.165, 1.54) is 17.7 Å². The minimum absolute atomic E-state index is 0.0342. The maximum atomic E-state index is 12.9. The second kappa shape index (κ2) is 7.95. The fraction of sp³-hybridized carbons (Fsp3) is 0.238. The lowest BCUT2D eigenvalue weighted by atomic mass is 10.0. The van der Waals surface area contributed by atoms with Gasteiger partial charge in [-0.15, -0.1) is 0 Å². The molecule has 0 radical (unpaired) electrons. The second-order valence-corrected chi connectivity index (χ2v) is 6.45. The summed E-state index contributed by atoms with van der Waals surface area (Å²) < 4.78 is 14.7. The van der Waals surface area contributed by atoms with Gasteiger partial charge in [-0.05, 0) is 36.6 Å². The van der Waals surface area contributed by atoms with Gasteiger partial charge in [0.15, 0.2) is 0 Å².